The van der Waals surface area contributed by atoms with E-state index in [1.54, 1.807) is 4.98 Å². The second-order valence-electron chi connectivity index (χ2n) is 3.75. The van der Waals surface area contributed by atoms with Crippen molar-refractivity contribution in [1.29, 1.82) is 0 Å². The Morgan fingerprint density at radius 2 is 1.45 bits per heavy atom. The summed E-state index contributed by atoms with van der Waals surface area (Å²) in [7, 11) is 0. The Balaban J connectivity index is 0.00000200. The first kappa shape index (κ1) is 16.7. The maximum atomic E-state index is 13.3. The lowest BCUT2D eigenvalue weighted by molar-refractivity contribution is -0.361. The van der Waals surface area contributed by atoms with Crippen molar-refractivity contribution < 1.29 is 30.7 Å². The molecule has 1 N–H and O–H groups in total. The first-order valence-corrected chi connectivity index (χ1v) is 4.85. The van der Waals surface area contributed by atoms with Crippen LogP contribution < -0.4 is 0 Å². The van der Waals surface area contributed by atoms with Crippen LogP contribution in [0.15, 0.2) is 24.3 Å². The third-order valence-corrected chi connectivity index (χ3v) is 2.44. The van der Waals surface area contributed by atoms with Gasteiger partial charge < -0.3 is 4.98 Å². The van der Waals surface area contributed by atoms with Gasteiger partial charge in [0.1, 0.15) is 0 Å². The van der Waals surface area contributed by atoms with Crippen molar-refractivity contribution in [3.63, 3.8) is 0 Å². The monoisotopic (exact) mass is 366 g/mol. The summed E-state index contributed by atoms with van der Waals surface area (Å²) in [5.41, 5.74) is -0.190. The van der Waals surface area contributed by atoms with Crippen molar-refractivity contribution >= 4 is 28.0 Å². The lowest BCUT2D eigenvalue weighted by Crippen LogP contribution is -2.50. The zero-order valence-corrected chi connectivity index (χ0v) is 11.0. The summed E-state index contributed by atoms with van der Waals surface area (Å²) in [5.74, 6) is -13.4. The summed E-state index contributed by atoms with van der Waals surface area (Å²) in [5, 5.41) is 0. The van der Waals surface area contributed by atoms with Crippen LogP contribution in [-0.4, -0.2) is 22.1 Å². The summed E-state index contributed by atoms with van der Waals surface area (Å²) in [6.07, 6.45) is -6.38. The highest BCUT2D eigenvalue weighted by molar-refractivity contribution is 8.93. The van der Waals surface area contributed by atoms with Gasteiger partial charge in [-0.1, -0.05) is 12.1 Å². The normalized spacial score (nSPS) is 13.3. The number of para-hydroxylation sites is 2. The van der Waals surface area contributed by atoms with E-state index in [2.05, 4.69) is 4.98 Å². The molecule has 0 amide bonds. The molecule has 0 unspecified atom stereocenters. The first-order valence-electron chi connectivity index (χ1n) is 4.85. The molecule has 0 spiro atoms. The van der Waals surface area contributed by atoms with Crippen LogP contribution in [0.2, 0.25) is 0 Å². The molecule has 1 heterocycles. The third kappa shape index (κ3) is 2.36. The highest BCUT2D eigenvalue weighted by Crippen LogP contribution is 2.51. The number of imidazole rings is 1. The minimum atomic E-state index is -6.38. The van der Waals surface area contributed by atoms with Crippen LogP contribution in [0.3, 0.4) is 0 Å². The lowest BCUT2D eigenvalue weighted by atomic mass is 10.1. The maximum absolute atomic E-state index is 13.3. The van der Waals surface area contributed by atoms with E-state index < -0.39 is 23.8 Å². The Bertz CT molecular complexity index is 572. The Kier molecular flexibility index (Phi) is 4.10. The van der Waals surface area contributed by atoms with Gasteiger partial charge in [0, 0.05) is 0 Å². The number of rotatable bonds is 2. The summed E-state index contributed by atoms with van der Waals surface area (Å²) in [4.78, 5) is 4.85. The molecule has 2 rings (SSSR count). The van der Waals surface area contributed by atoms with E-state index in [9.17, 15) is 30.7 Å². The number of aromatic amines is 1. The Morgan fingerprint density at radius 1 is 0.900 bits per heavy atom. The molecule has 112 valence electrons. The van der Waals surface area contributed by atoms with E-state index in [-0.39, 0.29) is 28.0 Å². The molecule has 0 saturated heterocycles. The number of hydrogen-bond donors (Lipinski definition) is 1. The minimum absolute atomic E-state index is 0. The smallest absolute Gasteiger partial charge is 0.337 e. The van der Waals surface area contributed by atoms with Gasteiger partial charge in [-0.25, -0.2) is 4.98 Å². The second-order valence-corrected chi connectivity index (χ2v) is 3.75. The van der Waals surface area contributed by atoms with Gasteiger partial charge in [0.2, 0.25) is 0 Å². The predicted molar refractivity (Wildman–Crippen MR) is 61.3 cm³/mol. The second kappa shape index (κ2) is 4.90. The van der Waals surface area contributed by atoms with Crippen LogP contribution in [0.5, 0.6) is 0 Å². The fourth-order valence-corrected chi connectivity index (χ4v) is 1.43. The van der Waals surface area contributed by atoms with Crippen molar-refractivity contribution in [1.82, 2.24) is 9.97 Å². The van der Waals surface area contributed by atoms with Crippen LogP contribution in [0.4, 0.5) is 30.7 Å². The first-order chi connectivity index (χ1) is 8.57. The number of aromatic nitrogens is 2. The SMILES string of the molecule is Br.FC(F)(F)C(F)(F)C(F)(F)c1nc2ccccc2[nH]1. The molecular formula is C10H6BrF7N2. The van der Waals surface area contributed by atoms with Gasteiger partial charge in [-0.05, 0) is 12.1 Å². The molecular weight excluding hydrogens is 361 g/mol. The highest BCUT2D eigenvalue weighted by Gasteiger charge is 2.74. The Hall–Kier alpha value is -1.32. The zero-order valence-electron chi connectivity index (χ0n) is 9.31. The molecule has 1 aromatic heterocycles. The van der Waals surface area contributed by atoms with E-state index in [4.69, 9.17) is 0 Å². The van der Waals surface area contributed by atoms with Crippen molar-refractivity contribution in [3.8, 4) is 0 Å². The van der Waals surface area contributed by atoms with Crippen LogP contribution in [-0.2, 0) is 5.92 Å². The van der Waals surface area contributed by atoms with E-state index >= 15 is 0 Å². The quantitative estimate of drug-likeness (QED) is 0.782. The van der Waals surface area contributed by atoms with Gasteiger partial charge in [-0.2, -0.15) is 30.7 Å². The van der Waals surface area contributed by atoms with E-state index in [1.165, 1.54) is 24.3 Å². The molecule has 0 aliphatic heterocycles. The molecule has 20 heavy (non-hydrogen) atoms. The summed E-state index contributed by atoms with van der Waals surface area (Å²) >= 11 is 0. The Morgan fingerprint density at radius 3 is 1.95 bits per heavy atom. The number of nitrogens with one attached hydrogen (secondary N) is 1. The topological polar surface area (TPSA) is 28.7 Å². The predicted octanol–water partition coefficient (Wildman–Crippen LogP) is 4.43. The molecule has 0 saturated carbocycles. The molecule has 0 radical (unpaired) electrons. The number of nitrogens with zero attached hydrogens (tertiary/aromatic N) is 1. The molecule has 0 aliphatic rings. The molecule has 1 aromatic carbocycles. The number of halogens is 8. The van der Waals surface area contributed by atoms with Crippen LogP contribution in [0, 0.1) is 0 Å². The minimum Gasteiger partial charge on any atom is -0.337 e. The van der Waals surface area contributed by atoms with Gasteiger partial charge in [0.25, 0.3) is 0 Å². The van der Waals surface area contributed by atoms with Gasteiger partial charge >= 0.3 is 18.0 Å². The number of fused-ring (bicyclic) bond motifs is 1. The zero-order chi connectivity index (χ0) is 14.5. The van der Waals surface area contributed by atoms with Crippen molar-refractivity contribution in [2.45, 2.75) is 18.0 Å². The van der Waals surface area contributed by atoms with Crippen LogP contribution in [0.1, 0.15) is 5.82 Å². The molecule has 10 heteroatoms. The van der Waals surface area contributed by atoms with Gasteiger partial charge in [-0.3, -0.25) is 0 Å². The van der Waals surface area contributed by atoms with Crippen LogP contribution >= 0.6 is 17.0 Å². The fourth-order valence-electron chi connectivity index (χ4n) is 1.43. The molecule has 2 nitrogen and oxygen atoms in total. The fraction of sp³-hybridized carbons (Fsp3) is 0.300. The molecule has 0 fully saturated rings. The number of benzene rings is 1. The summed E-state index contributed by atoms with van der Waals surface area (Å²) < 4.78 is 88.2. The highest BCUT2D eigenvalue weighted by atomic mass is 79.9. The Labute approximate surface area is 117 Å². The average molecular weight is 367 g/mol. The van der Waals surface area contributed by atoms with Gasteiger partial charge in [-0.15, -0.1) is 17.0 Å². The van der Waals surface area contributed by atoms with Crippen LogP contribution in [0.25, 0.3) is 11.0 Å². The van der Waals surface area contributed by atoms with Crippen molar-refractivity contribution in [2.24, 2.45) is 0 Å². The number of hydrogen-bond acceptors (Lipinski definition) is 1. The number of alkyl halides is 7. The molecule has 2 aromatic rings. The lowest BCUT2D eigenvalue weighted by Gasteiger charge is -2.26. The van der Waals surface area contributed by atoms with Crippen molar-refractivity contribution in [3.05, 3.63) is 30.1 Å². The van der Waals surface area contributed by atoms with E-state index in [0.29, 0.717) is 0 Å². The van der Waals surface area contributed by atoms with Crippen molar-refractivity contribution in [2.75, 3.05) is 0 Å². The maximum Gasteiger partial charge on any atom is 0.460 e. The van der Waals surface area contributed by atoms with E-state index in [0.717, 1.165) is 0 Å². The molecule has 0 aliphatic carbocycles. The molecule has 0 bridgehead atoms. The van der Waals surface area contributed by atoms with E-state index in [1.807, 2.05) is 0 Å². The van der Waals surface area contributed by atoms with Gasteiger partial charge in [0.15, 0.2) is 5.82 Å². The number of H-pyrrole nitrogens is 1. The van der Waals surface area contributed by atoms with Gasteiger partial charge in [0.05, 0.1) is 11.0 Å². The third-order valence-electron chi connectivity index (χ3n) is 2.44. The standard InChI is InChI=1S/C10H5F7N2.BrH/c11-8(12,9(13,14)10(15,16)17)7-18-5-3-1-2-4-6(5)19-7;/h1-4H,(H,18,19);1H. The summed E-state index contributed by atoms with van der Waals surface area (Å²) in [6.45, 7) is 0. The summed E-state index contributed by atoms with van der Waals surface area (Å²) in [6, 6.07) is 5.21. The largest absolute Gasteiger partial charge is 0.460 e. The molecule has 0 atom stereocenters. The average Bonchev–Trinajstić information content (AvgIpc) is 2.71.